The Bertz CT molecular complexity index is 800. The summed E-state index contributed by atoms with van der Waals surface area (Å²) in [7, 11) is -1.29. The molecule has 2 heteroatoms. The normalized spacial score (nSPS) is 11.8. The summed E-state index contributed by atoms with van der Waals surface area (Å²) in [4.78, 5) is 4.76. The van der Waals surface area contributed by atoms with Crippen LogP contribution in [0.15, 0.2) is 54.7 Å². The summed E-state index contributed by atoms with van der Waals surface area (Å²) in [5.74, 6) is 0. The Morgan fingerprint density at radius 1 is 0.857 bits per heavy atom. The molecule has 0 aliphatic heterocycles. The highest BCUT2D eigenvalue weighted by molar-refractivity contribution is 6.88. The third-order valence-corrected chi connectivity index (χ3v) is 5.97. The Labute approximate surface area is 127 Å². The van der Waals surface area contributed by atoms with E-state index in [1.807, 2.05) is 0 Å². The van der Waals surface area contributed by atoms with E-state index in [1.165, 1.54) is 27.1 Å². The second-order valence-electron chi connectivity index (χ2n) is 6.70. The van der Waals surface area contributed by atoms with Crippen LogP contribution in [0.4, 0.5) is 0 Å². The molecule has 0 radical (unpaired) electrons. The second-order valence-corrected chi connectivity index (χ2v) is 11.8. The van der Waals surface area contributed by atoms with Gasteiger partial charge in [0, 0.05) is 11.8 Å². The van der Waals surface area contributed by atoms with Gasteiger partial charge in [0.05, 0.1) is 13.8 Å². The molecule has 0 aliphatic carbocycles. The Morgan fingerprint density at radius 3 is 2.24 bits per heavy atom. The summed E-state index contributed by atoms with van der Waals surface area (Å²) in [6.07, 6.45) is 2.07. The van der Waals surface area contributed by atoms with Crippen molar-refractivity contribution in [1.82, 2.24) is 4.98 Å². The van der Waals surface area contributed by atoms with Crippen LogP contribution in [0.1, 0.15) is 5.56 Å². The van der Waals surface area contributed by atoms with E-state index in [0.29, 0.717) is 0 Å². The van der Waals surface area contributed by atoms with Crippen molar-refractivity contribution in [2.45, 2.75) is 26.6 Å². The molecule has 0 spiro atoms. The molecule has 0 saturated heterocycles. The molecular formula is C19H21NSi. The summed E-state index contributed by atoms with van der Waals surface area (Å²) >= 11 is 0. The molecule has 0 saturated carbocycles. The minimum atomic E-state index is -1.29. The van der Waals surface area contributed by atoms with Gasteiger partial charge in [0.25, 0.3) is 0 Å². The van der Waals surface area contributed by atoms with E-state index in [9.17, 15) is 0 Å². The van der Waals surface area contributed by atoms with Crippen molar-refractivity contribution in [3.05, 3.63) is 60.3 Å². The molecule has 0 N–H and O–H groups in total. The Morgan fingerprint density at radius 2 is 1.57 bits per heavy atom. The lowest BCUT2D eigenvalue weighted by Gasteiger charge is -2.18. The van der Waals surface area contributed by atoms with Crippen molar-refractivity contribution >= 4 is 24.0 Å². The highest BCUT2D eigenvalue weighted by Crippen LogP contribution is 2.25. The topological polar surface area (TPSA) is 12.9 Å². The summed E-state index contributed by atoms with van der Waals surface area (Å²) in [6.45, 7) is 9.25. The molecule has 0 aliphatic rings. The van der Waals surface area contributed by atoms with Crippen molar-refractivity contribution in [3.8, 4) is 11.3 Å². The maximum Gasteiger partial charge on any atom is 0.0796 e. The number of aryl methyl sites for hydroxylation is 1. The highest BCUT2D eigenvalue weighted by Gasteiger charge is 2.18. The molecule has 1 nitrogen and oxygen atoms in total. The van der Waals surface area contributed by atoms with Gasteiger partial charge in [-0.15, -0.1) is 0 Å². The van der Waals surface area contributed by atoms with E-state index in [-0.39, 0.29) is 0 Å². The minimum Gasteiger partial charge on any atom is -0.256 e. The first-order chi connectivity index (χ1) is 9.95. The quantitative estimate of drug-likeness (QED) is 0.621. The van der Waals surface area contributed by atoms with Gasteiger partial charge in [-0.3, -0.25) is 4.98 Å². The van der Waals surface area contributed by atoms with Crippen molar-refractivity contribution in [2.75, 3.05) is 0 Å². The Balaban J connectivity index is 2.10. The van der Waals surface area contributed by atoms with E-state index in [4.69, 9.17) is 4.98 Å². The van der Waals surface area contributed by atoms with Gasteiger partial charge in [0.15, 0.2) is 0 Å². The van der Waals surface area contributed by atoms with E-state index in [0.717, 1.165) is 5.69 Å². The Kier molecular flexibility index (Phi) is 3.42. The van der Waals surface area contributed by atoms with Gasteiger partial charge < -0.3 is 0 Å². The molecule has 0 unspecified atom stereocenters. The fourth-order valence-electron chi connectivity index (χ4n) is 2.62. The van der Waals surface area contributed by atoms with Gasteiger partial charge in [-0.05, 0) is 34.5 Å². The van der Waals surface area contributed by atoms with Crippen LogP contribution >= 0.6 is 0 Å². The number of pyridine rings is 1. The lowest BCUT2D eigenvalue weighted by atomic mass is 10.0. The number of hydrogen-bond donors (Lipinski definition) is 0. The third kappa shape index (κ3) is 2.77. The van der Waals surface area contributed by atoms with Crippen LogP contribution in [0.3, 0.4) is 0 Å². The first-order valence-electron chi connectivity index (χ1n) is 7.41. The zero-order valence-electron chi connectivity index (χ0n) is 13.1. The molecule has 0 bridgehead atoms. The number of benzene rings is 2. The molecule has 0 fully saturated rings. The Hall–Kier alpha value is -1.93. The fraction of sp³-hybridized carbons (Fsp3) is 0.211. The summed E-state index contributed by atoms with van der Waals surface area (Å²) in [5.41, 5.74) is 3.57. The predicted octanol–water partition coefficient (Wildman–Crippen LogP) is 4.76. The van der Waals surface area contributed by atoms with Gasteiger partial charge in [-0.2, -0.15) is 0 Å². The van der Waals surface area contributed by atoms with Crippen LogP contribution in [0, 0.1) is 6.92 Å². The average molecular weight is 291 g/mol. The van der Waals surface area contributed by atoms with Gasteiger partial charge in [0.2, 0.25) is 0 Å². The van der Waals surface area contributed by atoms with E-state index >= 15 is 0 Å². The number of nitrogens with zero attached hydrogens (tertiary/aromatic N) is 1. The average Bonchev–Trinajstić information content (AvgIpc) is 2.45. The SMILES string of the molecule is Cc1cc([Si](C)(C)C)cnc1-c1ccc2ccccc2c1. The van der Waals surface area contributed by atoms with Crippen molar-refractivity contribution in [3.63, 3.8) is 0 Å². The van der Waals surface area contributed by atoms with Gasteiger partial charge in [0.1, 0.15) is 0 Å². The number of hydrogen-bond acceptors (Lipinski definition) is 1. The molecule has 0 atom stereocenters. The predicted molar refractivity (Wildman–Crippen MR) is 94.9 cm³/mol. The maximum atomic E-state index is 4.76. The first kappa shape index (κ1) is 14.0. The lowest BCUT2D eigenvalue weighted by Crippen LogP contribution is -2.38. The molecule has 3 aromatic rings. The molecule has 21 heavy (non-hydrogen) atoms. The van der Waals surface area contributed by atoms with E-state index in [2.05, 4.69) is 81.3 Å². The molecule has 1 heterocycles. The molecule has 106 valence electrons. The molecule has 2 aromatic carbocycles. The van der Waals surface area contributed by atoms with Crippen molar-refractivity contribution in [2.24, 2.45) is 0 Å². The standard InChI is InChI=1S/C19H21NSi/c1-14-11-18(21(2,3)4)13-20-19(14)17-10-9-15-7-5-6-8-16(15)12-17/h5-13H,1-4H3. The van der Waals surface area contributed by atoms with Crippen molar-refractivity contribution < 1.29 is 0 Å². The number of aromatic nitrogens is 1. The molecule has 3 rings (SSSR count). The molecular weight excluding hydrogens is 270 g/mol. The zero-order chi connectivity index (χ0) is 15.0. The summed E-state index contributed by atoms with van der Waals surface area (Å²) in [5, 5.41) is 3.97. The minimum absolute atomic E-state index is 1.10. The fourth-order valence-corrected chi connectivity index (χ4v) is 3.73. The van der Waals surface area contributed by atoms with Gasteiger partial charge in [-0.25, -0.2) is 0 Å². The van der Waals surface area contributed by atoms with E-state index < -0.39 is 8.07 Å². The van der Waals surface area contributed by atoms with Crippen LogP contribution in [0.5, 0.6) is 0 Å². The third-order valence-electron chi connectivity index (χ3n) is 3.97. The molecule has 1 aromatic heterocycles. The number of rotatable bonds is 2. The number of fused-ring (bicyclic) bond motifs is 1. The first-order valence-corrected chi connectivity index (χ1v) is 10.9. The monoisotopic (exact) mass is 291 g/mol. The van der Waals surface area contributed by atoms with Crippen LogP contribution in [0.2, 0.25) is 19.6 Å². The summed E-state index contributed by atoms with van der Waals surface area (Å²) < 4.78 is 0. The maximum absolute atomic E-state index is 4.76. The van der Waals surface area contributed by atoms with Crippen LogP contribution in [-0.2, 0) is 0 Å². The van der Waals surface area contributed by atoms with Crippen LogP contribution in [-0.4, -0.2) is 13.1 Å². The zero-order valence-corrected chi connectivity index (χ0v) is 14.1. The van der Waals surface area contributed by atoms with Gasteiger partial charge >= 0.3 is 0 Å². The second kappa shape index (κ2) is 5.12. The smallest absolute Gasteiger partial charge is 0.0796 e. The largest absolute Gasteiger partial charge is 0.256 e. The van der Waals surface area contributed by atoms with E-state index in [1.54, 1.807) is 0 Å². The van der Waals surface area contributed by atoms with Crippen LogP contribution in [0.25, 0.3) is 22.0 Å². The highest BCUT2D eigenvalue weighted by atomic mass is 28.3. The molecule has 0 amide bonds. The van der Waals surface area contributed by atoms with Crippen LogP contribution < -0.4 is 5.19 Å². The van der Waals surface area contributed by atoms with Crippen molar-refractivity contribution in [1.29, 1.82) is 0 Å². The van der Waals surface area contributed by atoms with Gasteiger partial charge in [-0.1, -0.05) is 62.1 Å². The summed E-state index contributed by atoms with van der Waals surface area (Å²) in [6, 6.07) is 17.4. The lowest BCUT2D eigenvalue weighted by molar-refractivity contribution is 1.28.